The Morgan fingerprint density at radius 1 is 1.00 bits per heavy atom. The molecule has 2 atom stereocenters. The van der Waals surface area contributed by atoms with Crippen LogP contribution in [0.3, 0.4) is 0 Å². The maximum absolute atomic E-state index is 13.5. The Morgan fingerprint density at radius 2 is 1.77 bits per heavy atom. The molecule has 0 saturated carbocycles. The van der Waals surface area contributed by atoms with E-state index in [1.165, 1.54) is 21.6 Å². The fourth-order valence-corrected chi connectivity index (χ4v) is 6.47. The van der Waals surface area contributed by atoms with E-state index in [0.717, 1.165) is 13.0 Å². The van der Waals surface area contributed by atoms with E-state index in [4.69, 9.17) is 11.6 Å². The lowest BCUT2D eigenvalue weighted by Gasteiger charge is -2.42. The van der Waals surface area contributed by atoms with E-state index in [-0.39, 0.29) is 23.9 Å². The minimum absolute atomic E-state index is 0.0733. The summed E-state index contributed by atoms with van der Waals surface area (Å²) in [5.41, 5.74) is 4.35. The SMILES string of the molecule is Cc1ccccc1[C@H]1c2ccsc2CCN1CC(=O)N1CCN(C(=O)c2ccccc2Cl)[C@@H](C)C1. The maximum atomic E-state index is 13.5. The van der Waals surface area contributed by atoms with Gasteiger partial charge < -0.3 is 9.80 Å². The normalized spacial score (nSPS) is 20.5. The molecular formula is C28H30ClN3O2S. The number of nitrogens with zero attached hydrogens (tertiary/aromatic N) is 3. The Morgan fingerprint density at radius 3 is 2.54 bits per heavy atom. The molecule has 2 aromatic carbocycles. The quantitative estimate of drug-likeness (QED) is 0.497. The van der Waals surface area contributed by atoms with Gasteiger partial charge in [-0.25, -0.2) is 0 Å². The van der Waals surface area contributed by atoms with Gasteiger partial charge >= 0.3 is 0 Å². The molecule has 1 fully saturated rings. The summed E-state index contributed by atoms with van der Waals surface area (Å²) in [6.07, 6.45) is 0.971. The van der Waals surface area contributed by atoms with Gasteiger partial charge in [0.15, 0.2) is 0 Å². The van der Waals surface area contributed by atoms with Crippen LogP contribution in [0.25, 0.3) is 0 Å². The highest BCUT2D eigenvalue weighted by Gasteiger charge is 2.35. The van der Waals surface area contributed by atoms with E-state index in [2.05, 4.69) is 47.5 Å². The van der Waals surface area contributed by atoms with Crippen LogP contribution in [0, 0.1) is 6.92 Å². The molecule has 0 bridgehead atoms. The first kappa shape index (κ1) is 24.0. The van der Waals surface area contributed by atoms with Crippen LogP contribution >= 0.6 is 22.9 Å². The van der Waals surface area contributed by atoms with Gasteiger partial charge in [0.1, 0.15) is 0 Å². The van der Waals surface area contributed by atoms with Gasteiger partial charge in [-0.3, -0.25) is 14.5 Å². The number of hydrogen-bond donors (Lipinski definition) is 0. The van der Waals surface area contributed by atoms with Gasteiger partial charge in [0.25, 0.3) is 5.91 Å². The fraction of sp³-hybridized carbons (Fsp3) is 0.357. The lowest BCUT2D eigenvalue weighted by atomic mass is 9.90. The second-order valence-corrected chi connectivity index (χ2v) is 10.9. The molecule has 2 aliphatic heterocycles. The summed E-state index contributed by atoms with van der Waals surface area (Å²) in [4.78, 5) is 34.1. The Bertz CT molecular complexity index is 1240. The van der Waals surface area contributed by atoms with Gasteiger partial charge in [-0.05, 0) is 60.5 Å². The molecule has 5 nitrogen and oxygen atoms in total. The monoisotopic (exact) mass is 507 g/mol. The number of thiophene rings is 1. The van der Waals surface area contributed by atoms with Crippen LogP contribution in [-0.2, 0) is 11.2 Å². The molecule has 5 rings (SSSR count). The molecule has 2 aliphatic rings. The van der Waals surface area contributed by atoms with Crippen molar-refractivity contribution in [1.82, 2.24) is 14.7 Å². The van der Waals surface area contributed by atoms with E-state index in [9.17, 15) is 9.59 Å². The second-order valence-electron chi connectivity index (χ2n) is 9.45. The zero-order valence-corrected chi connectivity index (χ0v) is 21.7. The molecular weight excluding hydrogens is 478 g/mol. The standard InChI is InChI=1S/C28H30ClN3O2S/c1-19-7-3-4-8-21(19)27-23-12-16-35-25(23)11-13-31(27)18-26(33)30-14-15-32(20(2)17-30)28(34)22-9-5-6-10-24(22)29/h3-10,12,16,20,27H,11,13-15,17-18H2,1-2H3/t20-,27-/m0/s1. The average molecular weight is 508 g/mol. The number of hydrogen-bond acceptors (Lipinski definition) is 4. The largest absolute Gasteiger partial charge is 0.338 e. The molecule has 2 amide bonds. The fourth-order valence-electron chi connectivity index (χ4n) is 5.35. The van der Waals surface area contributed by atoms with Crippen LogP contribution in [0.4, 0.5) is 0 Å². The first-order valence-corrected chi connectivity index (χ1v) is 13.4. The highest BCUT2D eigenvalue weighted by Crippen LogP contribution is 2.38. The summed E-state index contributed by atoms with van der Waals surface area (Å²) >= 11 is 8.07. The Balaban J connectivity index is 1.30. The minimum Gasteiger partial charge on any atom is -0.338 e. The molecule has 0 aliphatic carbocycles. The van der Waals surface area contributed by atoms with Crippen molar-refractivity contribution in [2.45, 2.75) is 32.4 Å². The molecule has 7 heteroatoms. The third-order valence-electron chi connectivity index (χ3n) is 7.23. The summed E-state index contributed by atoms with van der Waals surface area (Å²) in [6.45, 7) is 6.95. The Hall–Kier alpha value is -2.67. The summed E-state index contributed by atoms with van der Waals surface area (Å²) in [5, 5.41) is 2.63. The van der Waals surface area contributed by atoms with Crippen LogP contribution in [0.5, 0.6) is 0 Å². The van der Waals surface area contributed by atoms with Crippen LogP contribution in [0.1, 0.15) is 44.9 Å². The predicted octanol–water partition coefficient (Wildman–Crippen LogP) is 5.03. The van der Waals surface area contributed by atoms with Gasteiger partial charge in [0.05, 0.1) is 23.2 Å². The highest BCUT2D eigenvalue weighted by atomic mass is 35.5. The van der Waals surface area contributed by atoms with Gasteiger partial charge in [-0.1, -0.05) is 48.0 Å². The van der Waals surface area contributed by atoms with Crippen molar-refractivity contribution in [2.75, 3.05) is 32.7 Å². The number of benzene rings is 2. The molecule has 1 saturated heterocycles. The number of aryl methyl sites for hydroxylation is 1. The van der Waals surface area contributed by atoms with E-state index >= 15 is 0 Å². The van der Waals surface area contributed by atoms with Crippen molar-refractivity contribution in [3.63, 3.8) is 0 Å². The van der Waals surface area contributed by atoms with Gasteiger partial charge in [0, 0.05) is 37.1 Å². The van der Waals surface area contributed by atoms with E-state index in [1.807, 2.05) is 40.2 Å². The molecule has 0 N–H and O–H groups in total. The number of amides is 2. The Kier molecular flexibility index (Phi) is 6.96. The molecule has 3 heterocycles. The average Bonchev–Trinajstić information content (AvgIpc) is 3.33. The third kappa shape index (κ3) is 4.75. The number of fused-ring (bicyclic) bond motifs is 1. The van der Waals surface area contributed by atoms with Crippen molar-refractivity contribution in [3.8, 4) is 0 Å². The summed E-state index contributed by atoms with van der Waals surface area (Å²) in [6, 6.07) is 17.9. The molecule has 0 radical (unpaired) electrons. The molecule has 0 unspecified atom stereocenters. The zero-order chi connectivity index (χ0) is 24.5. The van der Waals surface area contributed by atoms with Gasteiger partial charge in [-0.2, -0.15) is 0 Å². The summed E-state index contributed by atoms with van der Waals surface area (Å²) in [5.74, 6) is 0.0507. The lowest BCUT2D eigenvalue weighted by Crippen LogP contribution is -2.57. The van der Waals surface area contributed by atoms with Crippen LogP contribution in [0.2, 0.25) is 5.02 Å². The number of piperazine rings is 1. The van der Waals surface area contributed by atoms with Crippen molar-refractivity contribution >= 4 is 34.8 Å². The van der Waals surface area contributed by atoms with Gasteiger partial charge in [0.2, 0.25) is 5.91 Å². The van der Waals surface area contributed by atoms with Crippen molar-refractivity contribution in [2.24, 2.45) is 0 Å². The van der Waals surface area contributed by atoms with E-state index in [0.29, 0.717) is 36.8 Å². The number of carbonyl (C=O) groups is 2. The van der Waals surface area contributed by atoms with Crippen molar-refractivity contribution in [1.29, 1.82) is 0 Å². The predicted molar refractivity (Wildman–Crippen MR) is 141 cm³/mol. The number of halogens is 1. The van der Waals surface area contributed by atoms with E-state index < -0.39 is 0 Å². The first-order chi connectivity index (χ1) is 16.9. The smallest absolute Gasteiger partial charge is 0.255 e. The number of rotatable bonds is 4. The second kappa shape index (κ2) is 10.1. The van der Waals surface area contributed by atoms with E-state index in [1.54, 1.807) is 12.1 Å². The number of carbonyl (C=O) groups excluding carboxylic acids is 2. The first-order valence-electron chi connectivity index (χ1n) is 12.1. The van der Waals surface area contributed by atoms with Crippen molar-refractivity contribution in [3.05, 3.63) is 92.1 Å². The molecule has 182 valence electrons. The minimum atomic E-state index is -0.0755. The lowest BCUT2D eigenvalue weighted by molar-refractivity contribution is -0.135. The topological polar surface area (TPSA) is 43.9 Å². The van der Waals surface area contributed by atoms with Gasteiger partial charge in [-0.15, -0.1) is 11.3 Å². The zero-order valence-electron chi connectivity index (χ0n) is 20.1. The summed E-state index contributed by atoms with van der Waals surface area (Å²) in [7, 11) is 0. The third-order valence-corrected chi connectivity index (χ3v) is 8.56. The van der Waals surface area contributed by atoms with Crippen LogP contribution < -0.4 is 0 Å². The molecule has 35 heavy (non-hydrogen) atoms. The van der Waals surface area contributed by atoms with Crippen LogP contribution in [-0.4, -0.2) is 65.3 Å². The van der Waals surface area contributed by atoms with Crippen molar-refractivity contribution < 1.29 is 9.59 Å². The van der Waals surface area contributed by atoms with Crippen LogP contribution in [0.15, 0.2) is 60.0 Å². The molecule has 0 spiro atoms. The maximum Gasteiger partial charge on any atom is 0.255 e. The Labute approximate surface area is 215 Å². The summed E-state index contributed by atoms with van der Waals surface area (Å²) < 4.78 is 0. The molecule has 3 aromatic rings. The highest BCUT2D eigenvalue weighted by molar-refractivity contribution is 7.10. The molecule has 1 aromatic heterocycles.